The Morgan fingerprint density at radius 3 is 1.94 bits per heavy atom. The van der Waals surface area contributed by atoms with Gasteiger partial charge in [0.2, 0.25) is 0 Å². The summed E-state index contributed by atoms with van der Waals surface area (Å²) < 4.78 is 5.81. The average Bonchev–Trinajstić information content (AvgIpc) is 2.81. The Bertz CT molecular complexity index is 1020. The van der Waals surface area contributed by atoms with Crippen molar-refractivity contribution in [1.29, 1.82) is 0 Å². The summed E-state index contributed by atoms with van der Waals surface area (Å²) >= 11 is 0. The van der Waals surface area contributed by atoms with E-state index < -0.39 is 0 Å². The van der Waals surface area contributed by atoms with Crippen LogP contribution in [-0.4, -0.2) is 17.7 Å². The number of carbonyl (C=O) groups is 2. The predicted octanol–water partition coefficient (Wildman–Crippen LogP) is 5.74. The van der Waals surface area contributed by atoms with E-state index in [1.165, 1.54) is 0 Å². The lowest BCUT2D eigenvalue weighted by molar-refractivity contribution is 0.111. The van der Waals surface area contributed by atoms with Gasteiger partial charge in [0.25, 0.3) is 0 Å². The third-order valence-corrected chi connectivity index (χ3v) is 4.54. The number of hydrogen-bond acceptors (Lipinski definition) is 4. The number of hydrogen-bond donors (Lipinski definition) is 1. The number of phenols is 1. The van der Waals surface area contributed by atoms with Crippen LogP contribution in [-0.2, 0) is 19.4 Å². The smallest absolute Gasteiger partial charge is 0.150 e. The molecule has 4 heteroatoms. The maximum absolute atomic E-state index is 11.0. The molecule has 1 N–H and O–H groups in total. The molecule has 4 nitrogen and oxygen atoms in total. The highest BCUT2D eigenvalue weighted by atomic mass is 16.5. The maximum atomic E-state index is 11.0. The fourth-order valence-corrected chi connectivity index (χ4v) is 3.00. The molecule has 0 saturated carbocycles. The van der Waals surface area contributed by atoms with Crippen LogP contribution in [0.25, 0.3) is 0 Å². The van der Waals surface area contributed by atoms with E-state index >= 15 is 0 Å². The Labute approximate surface area is 183 Å². The summed E-state index contributed by atoms with van der Waals surface area (Å²) in [5.41, 5.74) is 3.81. The number of allylic oxidation sites excluding steroid dienone is 2. The SMILES string of the molecule is C=CCc1c(C=O)cccc1OCc1ccccc1.C=CCc1c(O)cccc1C=O. The van der Waals surface area contributed by atoms with E-state index in [2.05, 4.69) is 13.2 Å². The molecule has 3 aromatic carbocycles. The van der Waals surface area contributed by atoms with Crippen LogP contribution < -0.4 is 4.74 Å². The van der Waals surface area contributed by atoms with Crippen molar-refractivity contribution in [2.75, 3.05) is 0 Å². The van der Waals surface area contributed by atoms with Crippen LogP contribution in [0, 0.1) is 0 Å². The van der Waals surface area contributed by atoms with Gasteiger partial charge in [0, 0.05) is 22.3 Å². The normalized spacial score (nSPS) is 9.68. The molecule has 0 amide bonds. The molecule has 158 valence electrons. The van der Waals surface area contributed by atoms with Crippen molar-refractivity contribution < 1.29 is 19.4 Å². The molecule has 0 aliphatic heterocycles. The van der Waals surface area contributed by atoms with E-state index in [9.17, 15) is 14.7 Å². The van der Waals surface area contributed by atoms with Crippen molar-refractivity contribution >= 4 is 12.6 Å². The van der Waals surface area contributed by atoms with Gasteiger partial charge in [-0.15, -0.1) is 13.2 Å². The molecule has 0 aromatic heterocycles. The summed E-state index contributed by atoms with van der Waals surface area (Å²) in [4.78, 5) is 21.5. The topological polar surface area (TPSA) is 63.6 Å². The molecule has 3 rings (SSSR count). The fraction of sp³-hybridized carbons (Fsp3) is 0.111. The second-order valence-corrected chi connectivity index (χ2v) is 6.66. The van der Waals surface area contributed by atoms with Gasteiger partial charge in [-0.05, 0) is 30.5 Å². The summed E-state index contributed by atoms with van der Waals surface area (Å²) in [5, 5.41) is 9.35. The third kappa shape index (κ3) is 6.82. The first-order chi connectivity index (χ1) is 15.1. The number of aromatic hydroxyl groups is 1. The van der Waals surface area contributed by atoms with Crippen molar-refractivity contribution in [3.63, 3.8) is 0 Å². The van der Waals surface area contributed by atoms with E-state index in [4.69, 9.17) is 4.74 Å². The number of carbonyl (C=O) groups excluding carboxylic acids is 2. The molecular weight excluding hydrogens is 388 g/mol. The highest BCUT2D eigenvalue weighted by Gasteiger charge is 2.08. The zero-order valence-corrected chi connectivity index (χ0v) is 17.4. The lowest BCUT2D eigenvalue weighted by atomic mass is 10.0. The highest BCUT2D eigenvalue weighted by molar-refractivity contribution is 5.79. The zero-order valence-electron chi connectivity index (χ0n) is 17.4. The summed E-state index contributed by atoms with van der Waals surface area (Å²) in [5.74, 6) is 0.896. The lowest BCUT2D eigenvalue weighted by Crippen LogP contribution is -2.01. The zero-order chi connectivity index (χ0) is 22.5. The van der Waals surface area contributed by atoms with Gasteiger partial charge in [0.15, 0.2) is 0 Å². The van der Waals surface area contributed by atoms with Crippen molar-refractivity contribution in [2.24, 2.45) is 0 Å². The molecular formula is C27H26O4. The molecule has 31 heavy (non-hydrogen) atoms. The Hall–Kier alpha value is -3.92. The Morgan fingerprint density at radius 1 is 0.742 bits per heavy atom. The van der Waals surface area contributed by atoms with Crippen LogP contribution in [0.15, 0.2) is 92.0 Å². The second-order valence-electron chi connectivity index (χ2n) is 6.66. The van der Waals surface area contributed by atoms with Gasteiger partial charge >= 0.3 is 0 Å². The molecule has 0 spiro atoms. The predicted molar refractivity (Wildman–Crippen MR) is 124 cm³/mol. The van der Waals surface area contributed by atoms with Gasteiger partial charge in [-0.3, -0.25) is 9.59 Å². The maximum Gasteiger partial charge on any atom is 0.150 e. The largest absolute Gasteiger partial charge is 0.508 e. The van der Waals surface area contributed by atoms with Crippen LogP contribution in [0.3, 0.4) is 0 Å². The Kier molecular flexibility index (Phi) is 9.50. The van der Waals surface area contributed by atoms with Crippen molar-refractivity contribution in [3.8, 4) is 11.5 Å². The minimum Gasteiger partial charge on any atom is -0.508 e. The molecule has 0 saturated heterocycles. The van der Waals surface area contributed by atoms with Gasteiger partial charge in [-0.2, -0.15) is 0 Å². The van der Waals surface area contributed by atoms with Crippen LogP contribution in [0.5, 0.6) is 11.5 Å². The molecule has 0 aliphatic rings. The number of phenolic OH excluding ortho intramolecular Hbond substituents is 1. The standard InChI is InChI=1S/C17H16O2.C10H10O2/c1-2-7-16-15(12-18)10-6-11-17(16)19-13-14-8-4-3-5-9-14;1-2-4-9-8(7-11)5-3-6-10(9)12/h2-6,8-12H,1,7,13H2;2-3,5-7,12H,1,4H2. The van der Waals surface area contributed by atoms with Gasteiger partial charge in [0.1, 0.15) is 30.7 Å². The van der Waals surface area contributed by atoms with E-state index in [1.807, 2.05) is 42.5 Å². The molecule has 3 aromatic rings. The molecule has 0 aliphatic carbocycles. The summed E-state index contributed by atoms with van der Waals surface area (Å²) in [7, 11) is 0. The summed E-state index contributed by atoms with van der Waals surface area (Å²) in [6, 6.07) is 20.3. The van der Waals surface area contributed by atoms with Crippen molar-refractivity contribution in [3.05, 3.63) is 120 Å². The van der Waals surface area contributed by atoms with Crippen LogP contribution in [0.4, 0.5) is 0 Å². The first-order valence-corrected chi connectivity index (χ1v) is 9.86. The van der Waals surface area contributed by atoms with Crippen molar-refractivity contribution in [2.45, 2.75) is 19.4 Å². The molecule has 0 atom stereocenters. The number of aldehydes is 2. The van der Waals surface area contributed by atoms with E-state index in [1.54, 1.807) is 36.4 Å². The Balaban J connectivity index is 0.000000245. The first-order valence-electron chi connectivity index (χ1n) is 9.86. The van der Waals surface area contributed by atoms with Gasteiger partial charge in [-0.25, -0.2) is 0 Å². The third-order valence-electron chi connectivity index (χ3n) is 4.54. The van der Waals surface area contributed by atoms with Crippen LogP contribution in [0.2, 0.25) is 0 Å². The van der Waals surface area contributed by atoms with Gasteiger partial charge in [-0.1, -0.05) is 66.7 Å². The van der Waals surface area contributed by atoms with E-state index in [0.717, 1.165) is 29.4 Å². The fourth-order valence-electron chi connectivity index (χ4n) is 3.00. The summed E-state index contributed by atoms with van der Waals surface area (Å²) in [6.45, 7) is 7.76. The minimum atomic E-state index is 0.152. The van der Waals surface area contributed by atoms with Gasteiger partial charge in [0.05, 0.1) is 0 Å². The Morgan fingerprint density at radius 2 is 1.32 bits per heavy atom. The molecule has 0 radical (unpaired) electrons. The minimum absolute atomic E-state index is 0.152. The van der Waals surface area contributed by atoms with Crippen LogP contribution >= 0.6 is 0 Å². The number of ether oxygens (including phenoxy) is 1. The van der Waals surface area contributed by atoms with E-state index in [0.29, 0.717) is 36.1 Å². The van der Waals surface area contributed by atoms with E-state index in [-0.39, 0.29) is 5.75 Å². The monoisotopic (exact) mass is 414 g/mol. The highest BCUT2D eigenvalue weighted by Crippen LogP contribution is 2.23. The second kappa shape index (κ2) is 12.6. The molecule has 0 fully saturated rings. The first kappa shape index (κ1) is 23.4. The molecule has 0 heterocycles. The average molecular weight is 415 g/mol. The van der Waals surface area contributed by atoms with Crippen molar-refractivity contribution in [1.82, 2.24) is 0 Å². The lowest BCUT2D eigenvalue weighted by Gasteiger charge is -2.12. The quantitative estimate of drug-likeness (QED) is 0.358. The number of benzene rings is 3. The molecule has 0 bridgehead atoms. The molecule has 0 unspecified atom stereocenters. The van der Waals surface area contributed by atoms with Crippen LogP contribution in [0.1, 0.15) is 37.4 Å². The summed E-state index contributed by atoms with van der Waals surface area (Å²) in [6.07, 6.45) is 6.16. The number of rotatable bonds is 9. The van der Waals surface area contributed by atoms with Gasteiger partial charge < -0.3 is 9.84 Å².